The molecule has 0 unspecified atom stereocenters. The molecule has 0 saturated carbocycles. The lowest BCUT2D eigenvalue weighted by atomic mass is 9.97. The van der Waals surface area contributed by atoms with Crippen molar-refractivity contribution in [1.29, 1.82) is 0 Å². The van der Waals surface area contributed by atoms with Crippen molar-refractivity contribution in [2.24, 2.45) is 5.10 Å². The lowest BCUT2D eigenvalue weighted by Crippen LogP contribution is -2.18. The van der Waals surface area contributed by atoms with Gasteiger partial charge in [-0.2, -0.15) is 10.2 Å². The van der Waals surface area contributed by atoms with Crippen LogP contribution in [0.2, 0.25) is 0 Å². The molecule has 0 saturated heterocycles. The topological polar surface area (TPSA) is 59.3 Å². The van der Waals surface area contributed by atoms with Crippen molar-refractivity contribution >= 4 is 33.7 Å². The van der Waals surface area contributed by atoms with E-state index in [2.05, 4.69) is 46.0 Å². The van der Waals surface area contributed by atoms with Crippen LogP contribution in [-0.2, 0) is 6.54 Å². The van der Waals surface area contributed by atoms with Crippen molar-refractivity contribution in [2.75, 3.05) is 0 Å². The molecule has 33 heavy (non-hydrogen) atoms. The lowest BCUT2D eigenvalue weighted by Gasteiger charge is -2.08. The standard InChI is InChI=1S/C28H24N4O/c1-19-14-20(2)32(31-19)18-21-8-7-11-24(15-21)28(33)30-29-17-27-25-12-5-3-9-22(25)16-23-10-4-6-13-26(23)27/h3-17H,18H2,1-2H3,(H,30,33)/b29-17-. The van der Waals surface area contributed by atoms with Crippen LogP contribution in [0.4, 0.5) is 0 Å². The number of aryl methyl sites for hydroxylation is 2. The van der Waals surface area contributed by atoms with Crippen LogP contribution in [-0.4, -0.2) is 21.9 Å². The molecule has 4 aromatic carbocycles. The van der Waals surface area contributed by atoms with E-state index < -0.39 is 0 Å². The summed E-state index contributed by atoms with van der Waals surface area (Å²) >= 11 is 0. The number of aromatic nitrogens is 2. The summed E-state index contributed by atoms with van der Waals surface area (Å²) in [6.07, 6.45) is 1.74. The second-order valence-electron chi connectivity index (χ2n) is 8.22. The van der Waals surface area contributed by atoms with E-state index >= 15 is 0 Å². The molecule has 0 aliphatic rings. The van der Waals surface area contributed by atoms with E-state index in [0.29, 0.717) is 12.1 Å². The van der Waals surface area contributed by atoms with E-state index in [4.69, 9.17) is 0 Å². The predicted octanol–water partition coefficient (Wildman–Crippen LogP) is 5.62. The molecule has 5 heteroatoms. The van der Waals surface area contributed by atoms with Gasteiger partial charge < -0.3 is 0 Å². The van der Waals surface area contributed by atoms with E-state index in [9.17, 15) is 4.79 Å². The Kier molecular flexibility index (Phi) is 5.45. The molecule has 162 valence electrons. The number of nitrogens with zero attached hydrogens (tertiary/aromatic N) is 3. The van der Waals surface area contributed by atoms with Crippen LogP contribution >= 0.6 is 0 Å². The Morgan fingerprint density at radius 1 is 0.909 bits per heavy atom. The van der Waals surface area contributed by atoms with E-state index in [1.54, 1.807) is 12.3 Å². The minimum Gasteiger partial charge on any atom is -0.267 e. The van der Waals surface area contributed by atoms with E-state index in [1.165, 1.54) is 0 Å². The SMILES string of the molecule is Cc1cc(C)n(Cc2cccc(C(=O)N/N=C\c3c4ccccc4cc4ccccc34)c2)n1. The Bertz CT molecular complexity index is 1460. The predicted molar refractivity (Wildman–Crippen MR) is 134 cm³/mol. The van der Waals surface area contributed by atoms with Gasteiger partial charge in [0.25, 0.3) is 5.91 Å². The Morgan fingerprint density at radius 2 is 1.61 bits per heavy atom. The van der Waals surface area contributed by atoms with Crippen molar-refractivity contribution < 1.29 is 4.79 Å². The third kappa shape index (κ3) is 4.26. The molecule has 5 nitrogen and oxygen atoms in total. The van der Waals surface area contributed by atoms with Gasteiger partial charge in [0.15, 0.2) is 0 Å². The third-order valence-corrected chi connectivity index (χ3v) is 5.80. The van der Waals surface area contributed by atoms with Crippen molar-refractivity contribution in [1.82, 2.24) is 15.2 Å². The summed E-state index contributed by atoms with van der Waals surface area (Å²) in [7, 11) is 0. The molecule has 5 rings (SSSR count). The van der Waals surface area contributed by atoms with Crippen molar-refractivity contribution in [3.8, 4) is 0 Å². The summed E-state index contributed by atoms with van der Waals surface area (Å²) in [5.41, 5.74) is 7.33. The van der Waals surface area contributed by atoms with Gasteiger partial charge in [0, 0.05) is 16.8 Å². The van der Waals surface area contributed by atoms with Gasteiger partial charge in [-0.3, -0.25) is 9.48 Å². The summed E-state index contributed by atoms with van der Waals surface area (Å²) in [5.74, 6) is -0.244. The van der Waals surface area contributed by atoms with Crippen LogP contribution in [0.5, 0.6) is 0 Å². The van der Waals surface area contributed by atoms with E-state index in [0.717, 1.165) is 44.1 Å². The zero-order chi connectivity index (χ0) is 22.8. The molecule has 1 heterocycles. The fraction of sp³-hybridized carbons (Fsp3) is 0.107. The maximum Gasteiger partial charge on any atom is 0.271 e. The number of carbonyl (C=O) groups is 1. The fourth-order valence-corrected chi connectivity index (χ4v) is 4.23. The number of benzene rings is 4. The molecule has 0 bridgehead atoms. The summed E-state index contributed by atoms with van der Waals surface area (Å²) in [6.45, 7) is 4.62. The number of hydrogen-bond acceptors (Lipinski definition) is 3. The van der Waals surface area contributed by atoms with Crippen LogP contribution < -0.4 is 5.43 Å². The zero-order valence-corrected chi connectivity index (χ0v) is 18.6. The monoisotopic (exact) mass is 432 g/mol. The summed E-state index contributed by atoms with van der Waals surface area (Å²) < 4.78 is 1.94. The van der Waals surface area contributed by atoms with Crippen LogP contribution in [0.3, 0.4) is 0 Å². The number of hydrogen-bond donors (Lipinski definition) is 1. The maximum absolute atomic E-state index is 12.8. The molecule has 0 aliphatic heterocycles. The maximum atomic E-state index is 12.8. The zero-order valence-electron chi connectivity index (χ0n) is 18.6. The average Bonchev–Trinajstić information content (AvgIpc) is 3.14. The largest absolute Gasteiger partial charge is 0.271 e. The molecule has 0 aliphatic carbocycles. The number of hydrazone groups is 1. The molecule has 5 aromatic rings. The number of fused-ring (bicyclic) bond motifs is 2. The molecule has 1 amide bonds. The van der Waals surface area contributed by atoms with Gasteiger partial charge in [0.2, 0.25) is 0 Å². The second kappa shape index (κ2) is 8.71. The Balaban J connectivity index is 1.39. The second-order valence-corrected chi connectivity index (χ2v) is 8.22. The molecular weight excluding hydrogens is 408 g/mol. The fourth-order valence-electron chi connectivity index (χ4n) is 4.23. The molecule has 1 N–H and O–H groups in total. The quantitative estimate of drug-likeness (QED) is 0.223. The first-order chi connectivity index (χ1) is 16.1. The van der Waals surface area contributed by atoms with Crippen LogP contribution in [0.15, 0.2) is 90.0 Å². The van der Waals surface area contributed by atoms with Gasteiger partial charge >= 0.3 is 0 Å². The smallest absolute Gasteiger partial charge is 0.267 e. The minimum atomic E-state index is -0.244. The van der Waals surface area contributed by atoms with Gasteiger partial charge in [-0.25, -0.2) is 5.43 Å². The van der Waals surface area contributed by atoms with Gasteiger partial charge in [0.1, 0.15) is 0 Å². The Labute approximate surface area is 192 Å². The van der Waals surface area contributed by atoms with Gasteiger partial charge in [-0.1, -0.05) is 60.7 Å². The van der Waals surface area contributed by atoms with E-state index in [1.807, 2.05) is 67.1 Å². The number of rotatable bonds is 5. The first kappa shape index (κ1) is 20.6. The first-order valence-corrected chi connectivity index (χ1v) is 10.9. The number of nitrogens with one attached hydrogen (secondary N) is 1. The van der Waals surface area contributed by atoms with Gasteiger partial charge in [0.05, 0.1) is 18.5 Å². The normalized spacial score (nSPS) is 11.5. The molecule has 1 aromatic heterocycles. The molecule has 0 radical (unpaired) electrons. The van der Waals surface area contributed by atoms with Crippen molar-refractivity contribution in [2.45, 2.75) is 20.4 Å². The third-order valence-electron chi connectivity index (χ3n) is 5.80. The molecule has 0 spiro atoms. The Hall–Kier alpha value is -4.25. The van der Waals surface area contributed by atoms with Crippen LogP contribution in [0.1, 0.15) is 32.9 Å². The number of carbonyl (C=O) groups excluding carboxylic acids is 1. The van der Waals surface area contributed by atoms with Gasteiger partial charge in [-0.15, -0.1) is 0 Å². The highest BCUT2D eigenvalue weighted by molar-refractivity contribution is 6.13. The lowest BCUT2D eigenvalue weighted by molar-refractivity contribution is 0.0955. The minimum absolute atomic E-state index is 0.244. The summed E-state index contributed by atoms with van der Waals surface area (Å²) in [4.78, 5) is 12.8. The Morgan fingerprint density at radius 3 is 2.27 bits per heavy atom. The van der Waals surface area contributed by atoms with Crippen LogP contribution in [0, 0.1) is 13.8 Å². The average molecular weight is 433 g/mol. The van der Waals surface area contributed by atoms with Crippen LogP contribution in [0.25, 0.3) is 21.5 Å². The highest BCUT2D eigenvalue weighted by Crippen LogP contribution is 2.27. The van der Waals surface area contributed by atoms with E-state index in [-0.39, 0.29) is 5.91 Å². The highest BCUT2D eigenvalue weighted by atomic mass is 16.2. The van der Waals surface area contributed by atoms with Gasteiger partial charge in [-0.05, 0) is 65.2 Å². The van der Waals surface area contributed by atoms with Crippen molar-refractivity contribution in [3.63, 3.8) is 0 Å². The highest BCUT2D eigenvalue weighted by Gasteiger charge is 2.09. The molecular formula is C28H24N4O. The summed E-state index contributed by atoms with van der Waals surface area (Å²) in [5, 5.41) is 13.3. The summed E-state index contributed by atoms with van der Waals surface area (Å²) in [6, 6.07) is 28.2. The molecule has 0 atom stereocenters. The molecule has 0 fully saturated rings. The first-order valence-electron chi connectivity index (χ1n) is 10.9. The number of amides is 1. The van der Waals surface area contributed by atoms with Crippen molar-refractivity contribution in [3.05, 3.63) is 113 Å².